The number of aromatic nitrogens is 1. The molecule has 0 aliphatic heterocycles. The van der Waals surface area contributed by atoms with Crippen LogP contribution in [0.15, 0.2) is 22.8 Å². The fourth-order valence-corrected chi connectivity index (χ4v) is 2.25. The van der Waals surface area contributed by atoms with E-state index >= 15 is 0 Å². The average Bonchev–Trinajstić information content (AvgIpc) is 2.38. The van der Waals surface area contributed by atoms with Crippen molar-refractivity contribution in [2.45, 2.75) is 52.5 Å². The van der Waals surface area contributed by atoms with Crippen LogP contribution in [0.4, 0.5) is 0 Å². The standard InChI is InChI=1S/C15H25BrN2/c1-4-8-17-15(9-12(3)5-2)10-14-7-6-13(16)11-18-14/h6-7,11-12,15,17H,4-5,8-10H2,1-3H3. The van der Waals surface area contributed by atoms with Crippen molar-refractivity contribution in [3.05, 3.63) is 28.5 Å². The maximum absolute atomic E-state index is 4.47. The Morgan fingerprint density at radius 3 is 2.67 bits per heavy atom. The van der Waals surface area contributed by atoms with E-state index in [1.165, 1.54) is 25.0 Å². The molecule has 2 nitrogen and oxygen atoms in total. The van der Waals surface area contributed by atoms with Gasteiger partial charge in [-0.15, -0.1) is 0 Å². The number of pyridine rings is 1. The summed E-state index contributed by atoms with van der Waals surface area (Å²) in [5.41, 5.74) is 1.18. The molecule has 1 aromatic rings. The lowest BCUT2D eigenvalue weighted by Crippen LogP contribution is -2.33. The third kappa shape index (κ3) is 5.96. The van der Waals surface area contributed by atoms with Crippen LogP contribution in [0, 0.1) is 5.92 Å². The van der Waals surface area contributed by atoms with Gasteiger partial charge in [-0.05, 0) is 53.4 Å². The molecule has 2 unspecified atom stereocenters. The molecule has 0 amide bonds. The molecule has 0 fully saturated rings. The Morgan fingerprint density at radius 1 is 1.33 bits per heavy atom. The van der Waals surface area contributed by atoms with Crippen LogP contribution in [-0.4, -0.2) is 17.6 Å². The van der Waals surface area contributed by atoms with Gasteiger partial charge >= 0.3 is 0 Å². The second-order valence-corrected chi connectivity index (χ2v) is 5.99. The van der Waals surface area contributed by atoms with E-state index in [2.05, 4.69) is 59.1 Å². The van der Waals surface area contributed by atoms with Gasteiger partial charge in [-0.1, -0.05) is 27.2 Å². The number of hydrogen-bond donors (Lipinski definition) is 1. The van der Waals surface area contributed by atoms with Gasteiger partial charge in [0.25, 0.3) is 0 Å². The molecule has 0 spiro atoms. The Hall–Kier alpha value is -0.410. The molecule has 0 radical (unpaired) electrons. The fourth-order valence-electron chi connectivity index (χ4n) is 2.02. The van der Waals surface area contributed by atoms with E-state index in [9.17, 15) is 0 Å². The number of rotatable bonds is 8. The van der Waals surface area contributed by atoms with Crippen LogP contribution in [0.25, 0.3) is 0 Å². The Bertz CT molecular complexity index is 324. The predicted molar refractivity (Wildman–Crippen MR) is 81.8 cm³/mol. The van der Waals surface area contributed by atoms with Crippen LogP contribution in [0.2, 0.25) is 0 Å². The molecule has 102 valence electrons. The Balaban J connectivity index is 2.56. The van der Waals surface area contributed by atoms with Crippen LogP contribution < -0.4 is 5.32 Å². The van der Waals surface area contributed by atoms with Gasteiger partial charge in [0, 0.05) is 28.8 Å². The minimum absolute atomic E-state index is 0.550. The lowest BCUT2D eigenvalue weighted by molar-refractivity contribution is 0.389. The molecule has 0 aliphatic rings. The Labute approximate surface area is 120 Å². The van der Waals surface area contributed by atoms with Crippen molar-refractivity contribution in [3.8, 4) is 0 Å². The first-order valence-corrected chi connectivity index (χ1v) is 7.78. The van der Waals surface area contributed by atoms with Crippen LogP contribution in [0.5, 0.6) is 0 Å². The van der Waals surface area contributed by atoms with Crippen molar-refractivity contribution in [1.29, 1.82) is 0 Å². The number of nitrogens with one attached hydrogen (secondary N) is 1. The Morgan fingerprint density at radius 2 is 2.11 bits per heavy atom. The van der Waals surface area contributed by atoms with E-state index in [1.54, 1.807) is 0 Å². The van der Waals surface area contributed by atoms with Crippen LogP contribution in [-0.2, 0) is 6.42 Å². The molecule has 1 N–H and O–H groups in total. The summed E-state index contributed by atoms with van der Waals surface area (Å²) in [5.74, 6) is 0.773. The molecule has 18 heavy (non-hydrogen) atoms. The smallest absolute Gasteiger partial charge is 0.0419 e. The average molecular weight is 313 g/mol. The highest BCUT2D eigenvalue weighted by Crippen LogP contribution is 2.14. The van der Waals surface area contributed by atoms with Crippen LogP contribution in [0.3, 0.4) is 0 Å². The van der Waals surface area contributed by atoms with Crippen LogP contribution in [0.1, 0.15) is 45.7 Å². The van der Waals surface area contributed by atoms with Gasteiger partial charge in [0.2, 0.25) is 0 Å². The second-order valence-electron chi connectivity index (χ2n) is 5.07. The molecule has 0 bridgehead atoms. The van der Waals surface area contributed by atoms with Crippen molar-refractivity contribution in [3.63, 3.8) is 0 Å². The van der Waals surface area contributed by atoms with Gasteiger partial charge in [-0.3, -0.25) is 4.98 Å². The fraction of sp³-hybridized carbons (Fsp3) is 0.667. The van der Waals surface area contributed by atoms with E-state index in [1.807, 2.05) is 6.20 Å². The largest absolute Gasteiger partial charge is 0.314 e. The number of hydrogen-bond acceptors (Lipinski definition) is 2. The molecule has 0 saturated heterocycles. The van der Waals surface area contributed by atoms with Gasteiger partial charge in [-0.25, -0.2) is 0 Å². The monoisotopic (exact) mass is 312 g/mol. The summed E-state index contributed by atoms with van der Waals surface area (Å²) >= 11 is 3.43. The minimum Gasteiger partial charge on any atom is -0.314 e. The lowest BCUT2D eigenvalue weighted by Gasteiger charge is -2.21. The van der Waals surface area contributed by atoms with Gasteiger partial charge < -0.3 is 5.32 Å². The van der Waals surface area contributed by atoms with E-state index in [-0.39, 0.29) is 0 Å². The molecule has 2 atom stereocenters. The first kappa shape index (κ1) is 15.6. The van der Waals surface area contributed by atoms with E-state index in [0.717, 1.165) is 23.4 Å². The molecule has 0 saturated carbocycles. The molecule has 0 aromatic carbocycles. The van der Waals surface area contributed by atoms with Crippen molar-refractivity contribution in [2.24, 2.45) is 5.92 Å². The van der Waals surface area contributed by atoms with Crippen LogP contribution >= 0.6 is 15.9 Å². The highest BCUT2D eigenvalue weighted by molar-refractivity contribution is 9.10. The highest BCUT2D eigenvalue weighted by atomic mass is 79.9. The van der Waals surface area contributed by atoms with E-state index in [4.69, 9.17) is 0 Å². The maximum Gasteiger partial charge on any atom is 0.0419 e. The zero-order valence-corrected chi connectivity index (χ0v) is 13.3. The number of nitrogens with zero attached hydrogens (tertiary/aromatic N) is 1. The van der Waals surface area contributed by atoms with Gasteiger partial charge in [0.05, 0.1) is 0 Å². The van der Waals surface area contributed by atoms with Crippen molar-refractivity contribution >= 4 is 15.9 Å². The molecular weight excluding hydrogens is 288 g/mol. The van der Waals surface area contributed by atoms with Gasteiger partial charge in [0.1, 0.15) is 0 Å². The van der Waals surface area contributed by atoms with Gasteiger partial charge in [0.15, 0.2) is 0 Å². The van der Waals surface area contributed by atoms with Crippen molar-refractivity contribution in [2.75, 3.05) is 6.54 Å². The normalized spacial score (nSPS) is 14.4. The second kappa shape index (κ2) is 8.65. The zero-order valence-electron chi connectivity index (χ0n) is 11.7. The first-order chi connectivity index (χ1) is 8.65. The third-order valence-electron chi connectivity index (χ3n) is 3.31. The molecule has 3 heteroatoms. The molecule has 1 rings (SSSR count). The predicted octanol–water partition coefficient (Wildman–Crippen LogP) is 4.19. The quantitative estimate of drug-likeness (QED) is 0.778. The maximum atomic E-state index is 4.47. The van der Waals surface area contributed by atoms with Crippen molar-refractivity contribution in [1.82, 2.24) is 10.3 Å². The summed E-state index contributed by atoms with van der Waals surface area (Å²) < 4.78 is 1.05. The third-order valence-corrected chi connectivity index (χ3v) is 3.78. The molecule has 1 aromatic heterocycles. The SMILES string of the molecule is CCCNC(Cc1ccc(Br)cn1)CC(C)CC. The Kier molecular flexibility index (Phi) is 7.52. The molecule has 0 aliphatic carbocycles. The summed E-state index contributed by atoms with van der Waals surface area (Å²) in [6, 6.07) is 4.73. The summed E-state index contributed by atoms with van der Waals surface area (Å²) in [6.45, 7) is 7.90. The summed E-state index contributed by atoms with van der Waals surface area (Å²) in [5, 5.41) is 3.65. The van der Waals surface area contributed by atoms with E-state index in [0.29, 0.717) is 6.04 Å². The topological polar surface area (TPSA) is 24.9 Å². The summed E-state index contributed by atoms with van der Waals surface area (Å²) in [6.07, 6.45) is 6.57. The van der Waals surface area contributed by atoms with Crippen molar-refractivity contribution < 1.29 is 0 Å². The first-order valence-electron chi connectivity index (χ1n) is 6.99. The number of halogens is 1. The summed E-state index contributed by atoms with van der Waals surface area (Å²) in [7, 11) is 0. The highest BCUT2D eigenvalue weighted by Gasteiger charge is 2.12. The minimum atomic E-state index is 0.550. The lowest BCUT2D eigenvalue weighted by atomic mass is 9.96. The zero-order chi connectivity index (χ0) is 13.4. The molecular formula is C15H25BrN2. The van der Waals surface area contributed by atoms with Gasteiger partial charge in [-0.2, -0.15) is 0 Å². The van der Waals surface area contributed by atoms with E-state index < -0.39 is 0 Å². The summed E-state index contributed by atoms with van der Waals surface area (Å²) in [4.78, 5) is 4.47. The molecule has 1 heterocycles.